The highest BCUT2D eigenvalue weighted by Gasteiger charge is 2.48. The first-order valence-electron chi connectivity index (χ1n) is 10.1. The number of Topliss-reactive ketones (excluding diaryl/α,β-unsaturated/α-hetero) is 1. The number of fused-ring (bicyclic) bond motifs is 1. The minimum absolute atomic E-state index is 0.0236. The van der Waals surface area contributed by atoms with Crippen LogP contribution >= 0.6 is 22.9 Å². The largest absolute Gasteiger partial charge is 0.508 e. The van der Waals surface area contributed by atoms with Gasteiger partial charge in [-0.05, 0) is 42.8 Å². The number of aromatic hydroxyl groups is 1. The van der Waals surface area contributed by atoms with E-state index in [1.807, 2.05) is 19.1 Å². The number of hydrogen-bond donors (Lipinski definition) is 2. The van der Waals surface area contributed by atoms with Crippen LogP contribution in [0.5, 0.6) is 5.75 Å². The molecule has 3 aromatic carbocycles. The molecule has 1 amide bonds. The molecule has 1 aromatic heterocycles. The van der Waals surface area contributed by atoms with Crippen LogP contribution in [0.3, 0.4) is 0 Å². The molecule has 1 aliphatic heterocycles. The van der Waals surface area contributed by atoms with Gasteiger partial charge in [0.15, 0.2) is 5.13 Å². The molecule has 0 radical (unpaired) electrons. The molecule has 1 aliphatic rings. The van der Waals surface area contributed by atoms with Crippen molar-refractivity contribution >= 4 is 55.7 Å². The van der Waals surface area contributed by atoms with E-state index >= 15 is 0 Å². The minimum Gasteiger partial charge on any atom is -0.508 e. The number of phenols is 1. The Morgan fingerprint density at radius 1 is 1.06 bits per heavy atom. The Hall–Kier alpha value is -3.68. The van der Waals surface area contributed by atoms with E-state index in [4.69, 9.17) is 11.6 Å². The zero-order valence-corrected chi connectivity index (χ0v) is 18.9. The topological polar surface area (TPSA) is 90.7 Å². The van der Waals surface area contributed by atoms with E-state index in [1.54, 1.807) is 42.5 Å². The summed E-state index contributed by atoms with van der Waals surface area (Å²) in [7, 11) is 0. The van der Waals surface area contributed by atoms with Gasteiger partial charge in [-0.1, -0.05) is 64.9 Å². The molecule has 8 heteroatoms. The van der Waals surface area contributed by atoms with Crippen LogP contribution in [0.1, 0.15) is 22.7 Å². The maximum Gasteiger partial charge on any atom is 0.301 e. The predicted octanol–water partition coefficient (Wildman–Crippen LogP) is 5.59. The molecule has 1 atom stereocenters. The van der Waals surface area contributed by atoms with Gasteiger partial charge in [0.05, 0.1) is 21.8 Å². The van der Waals surface area contributed by atoms with Gasteiger partial charge < -0.3 is 10.2 Å². The summed E-state index contributed by atoms with van der Waals surface area (Å²) < 4.78 is 0.757. The quantitative estimate of drug-likeness (QED) is 0.228. The number of thiazole rings is 1. The maximum atomic E-state index is 13.2. The lowest BCUT2D eigenvalue weighted by molar-refractivity contribution is -0.132. The molecule has 4 aromatic rings. The summed E-state index contributed by atoms with van der Waals surface area (Å²) in [6.45, 7) is 1.91. The van der Waals surface area contributed by atoms with Crippen molar-refractivity contribution in [1.82, 2.24) is 4.98 Å². The normalized spacial score (nSPS) is 17.8. The van der Waals surface area contributed by atoms with Crippen molar-refractivity contribution < 1.29 is 19.8 Å². The van der Waals surface area contributed by atoms with Crippen molar-refractivity contribution in [2.45, 2.75) is 13.0 Å². The van der Waals surface area contributed by atoms with Gasteiger partial charge in [-0.15, -0.1) is 0 Å². The summed E-state index contributed by atoms with van der Waals surface area (Å²) in [4.78, 5) is 32.2. The van der Waals surface area contributed by atoms with E-state index in [0.717, 1.165) is 10.3 Å². The number of carbonyl (C=O) groups excluding carboxylic acids is 2. The number of carbonyl (C=O) groups is 2. The highest BCUT2D eigenvalue weighted by molar-refractivity contribution is 7.22. The summed E-state index contributed by atoms with van der Waals surface area (Å²) in [5, 5.41) is 22.0. The van der Waals surface area contributed by atoms with Gasteiger partial charge >= 0.3 is 5.91 Å². The van der Waals surface area contributed by atoms with Crippen LogP contribution in [-0.2, 0) is 9.59 Å². The van der Waals surface area contributed by atoms with Crippen LogP contribution in [-0.4, -0.2) is 26.9 Å². The molecule has 33 heavy (non-hydrogen) atoms. The highest BCUT2D eigenvalue weighted by atomic mass is 35.5. The van der Waals surface area contributed by atoms with Crippen molar-refractivity contribution in [1.29, 1.82) is 0 Å². The molecule has 0 bridgehead atoms. The second-order valence-corrected chi connectivity index (χ2v) is 9.18. The first-order chi connectivity index (χ1) is 15.8. The standard InChI is InChI=1S/C25H17ClN2O4S/c1-13-5-7-14(8-6-13)22(30)20-21(15-3-2-4-17(29)11-15)28(24(32)23(20)31)25-27-18-10-9-16(26)12-19(18)33-25/h2-12,21,29-30H,1H3/b22-20+. The highest BCUT2D eigenvalue weighted by Crippen LogP contribution is 2.45. The molecular weight excluding hydrogens is 460 g/mol. The third kappa shape index (κ3) is 3.65. The molecule has 0 saturated carbocycles. The van der Waals surface area contributed by atoms with Crippen LogP contribution in [0, 0.1) is 6.92 Å². The van der Waals surface area contributed by atoms with Gasteiger partial charge in [0.2, 0.25) is 0 Å². The molecular formula is C25H17ClN2O4S. The summed E-state index contributed by atoms with van der Waals surface area (Å²) in [6, 6.07) is 17.5. The zero-order valence-electron chi connectivity index (χ0n) is 17.3. The number of aliphatic hydroxyl groups is 1. The fourth-order valence-corrected chi connectivity index (χ4v) is 5.16. The third-order valence-corrected chi connectivity index (χ3v) is 6.75. The number of aliphatic hydroxyl groups excluding tert-OH is 1. The summed E-state index contributed by atoms with van der Waals surface area (Å²) >= 11 is 7.32. The van der Waals surface area contributed by atoms with Crippen molar-refractivity contribution in [2.75, 3.05) is 4.90 Å². The molecule has 2 heterocycles. The average Bonchev–Trinajstić information content (AvgIpc) is 3.32. The number of aryl methyl sites for hydroxylation is 1. The smallest absolute Gasteiger partial charge is 0.301 e. The monoisotopic (exact) mass is 476 g/mol. The number of nitrogens with zero attached hydrogens (tertiary/aromatic N) is 2. The van der Waals surface area contributed by atoms with Gasteiger partial charge in [0.1, 0.15) is 11.5 Å². The Morgan fingerprint density at radius 2 is 1.82 bits per heavy atom. The van der Waals surface area contributed by atoms with Gasteiger partial charge in [-0.3, -0.25) is 14.5 Å². The van der Waals surface area contributed by atoms with E-state index in [-0.39, 0.29) is 17.1 Å². The Labute approximate surface area is 198 Å². The Balaban J connectivity index is 1.74. The Bertz CT molecular complexity index is 1460. The van der Waals surface area contributed by atoms with E-state index in [2.05, 4.69) is 4.98 Å². The molecule has 0 aliphatic carbocycles. The van der Waals surface area contributed by atoms with Crippen molar-refractivity contribution in [2.24, 2.45) is 0 Å². The number of rotatable bonds is 3. The predicted molar refractivity (Wildman–Crippen MR) is 129 cm³/mol. The Morgan fingerprint density at radius 3 is 2.55 bits per heavy atom. The molecule has 5 rings (SSSR count). The lowest BCUT2D eigenvalue weighted by Gasteiger charge is -2.23. The van der Waals surface area contributed by atoms with Crippen LogP contribution in [0.15, 0.2) is 72.3 Å². The zero-order chi connectivity index (χ0) is 23.3. The second kappa shape index (κ2) is 8.03. The third-order valence-electron chi connectivity index (χ3n) is 5.50. The van der Waals surface area contributed by atoms with Crippen molar-refractivity contribution in [3.63, 3.8) is 0 Å². The van der Waals surface area contributed by atoms with Crippen molar-refractivity contribution in [3.05, 3.63) is 94.0 Å². The number of phenolic OH excluding ortho intramolecular Hbond substituents is 1. The minimum atomic E-state index is -0.963. The first-order valence-corrected chi connectivity index (χ1v) is 11.3. The molecule has 0 spiro atoms. The summed E-state index contributed by atoms with van der Waals surface area (Å²) in [5.41, 5.74) is 2.45. The SMILES string of the molecule is Cc1ccc(/C(O)=C2\C(=O)C(=O)N(c3nc4ccc(Cl)cc4s3)C2c2cccc(O)c2)cc1. The fraction of sp³-hybridized carbons (Fsp3) is 0.0800. The lowest BCUT2D eigenvalue weighted by Crippen LogP contribution is -2.29. The number of amides is 1. The van der Waals surface area contributed by atoms with Crippen LogP contribution in [0.2, 0.25) is 5.02 Å². The number of benzene rings is 3. The number of anilines is 1. The van der Waals surface area contributed by atoms with E-state index in [9.17, 15) is 19.8 Å². The van der Waals surface area contributed by atoms with E-state index in [1.165, 1.54) is 28.4 Å². The molecule has 164 valence electrons. The van der Waals surface area contributed by atoms with Crippen molar-refractivity contribution in [3.8, 4) is 5.75 Å². The van der Waals surface area contributed by atoms with Gasteiger partial charge in [0.25, 0.3) is 5.78 Å². The maximum absolute atomic E-state index is 13.2. The van der Waals surface area contributed by atoms with Crippen LogP contribution in [0.4, 0.5) is 5.13 Å². The summed E-state index contributed by atoms with van der Waals surface area (Å²) in [6.07, 6.45) is 0. The van der Waals surface area contributed by atoms with Crippen LogP contribution in [0.25, 0.3) is 16.0 Å². The molecule has 6 nitrogen and oxygen atoms in total. The molecule has 1 unspecified atom stereocenters. The number of hydrogen-bond acceptors (Lipinski definition) is 6. The fourth-order valence-electron chi connectivity index (χ4n) is 3.90. The Kier molecular flexibility index (Phi) is 5.15. The van der Waals surface area contributed by atoms with Gasteiger partial charge in [-0.2, -0.15) is 0 Å². The van der Waals surface area contributed by atoms with E-state index in [0.29, 0.717) is 26.8 Å². The second-order valence-electron chi connectivity index (χ2n) is 7.74. The van der Waals surface area contributed by atoms with E-state index < -0.39 is 17.7 Å². The van der Waals surface area contributed by atoms with Gasteiger partial charge in [0, 0.05) is 10.6 Å². The number of aromatic nitrogens is 1. The number of halogens is 1. The van der Waals surface area contributed by atoms with Gasteiger partial charge in [-0.25, -0.2) is 4.98 Å². The average molecular weight is 477 g/mol. The number of ketones is 1. The lowest BCUT2D eigenvalue weighted by atomic mass is 9.95. The molecule has 2 N–H and O–H groups in total. The van der Waals surface area contributed by atoms with Crippen LogP contribution < -0.4 is 4.90 Å². The molecule has 1 fully saturated rings. The first kappa shape index (κ1) is 21.2. The summed E-state index contributed by atoms with van der Waals surface area (Å²) in [5.74, 6) is -1.93. The molecule has 1 saturated heterocycles.